The van der Waals surface area contributed by atoms with Crippen molar-refractivity contribution in [2.45, 2.75) is 36.8 Å². The molecule has 4 aliphatic heterocycles. The number of fused-ring (bicyclic) bond motifs is 3. The molecule has 0 saturated carbocycles. The highest BCUT2D eigenvalue weighted by atomic mass is 16.2. The molecule has 1 aromatic carbocycles. The number of hydrogen-bond donors (Lipinski definition) is 3. The molecule has 7 nitrogen and oxygen atoms in total. The van der Waals surface area contributed by atoms with Crippen molar-refractivity contribution in [1.29, 1.82) is 0 Å². The molecule has 3 saturated heterocycles. The van der Waals surface area contributed by atoms with Crippen LogP contribution in [-0.4, -0.2) is 66.9 Å². The zero-order valence-corrected chi connectivity index (χ0v) is 15.7. The fourth-order valence-corrected chi connectivity index (χ4v) is 5.39. The van der Waals surface area contributed by atoms with Crippen LogP contribution in [0.25, 0.3) is 0 Å². The quantitative estimate of drug-likeness (QED) is 0.664. The average molecular weight is 369 g/mol. The number of piperidine rings is 2. The maximum Gasteiger partial charge on any atom is 0.241 e. The Hall–Kier alpha value is -1.96. The van der Waals surface area contributed by atoms with E-state index >= 15 is 0 Å². The number of nitrogens with zero attached hydrogens (tertiary/aromatic N) is 2. The topological polar surface area (TPSA) is 76.7 Å². The van der Waals surface area contributed by atoms with E-state index < -0.39 is 5.41 Å². The Labute approximate surface area is 159 Å². The number of hydrogen-bond acceptors (Lipinski definition) is 5. The molecule has 3 atom stereocenters. The van der Waals surface area contributed by atoms with Crippen LogP contribution in [0.2, 0.25) is 0 Å². The summed E-state index contributed by atoms with van der Waals surface area (Å²) in [5.41, 5.74) is 8.14. The fraction of sp³-hybridized carbons (Fsp3) is 0.600. The summed E-state index contributed by atoms with van der Waals surface area (Å²) in [5, 5.41) is 3.03. The van der Waals surface area contributed by atoms with Gasteiger partial charge in [-0.3, -0.25) is 15.0 Å². The number of amides is 2. The van der Waals surface area contributed by atoms with Crippen LogP contribution in [0.4, 0.5) is 5.69 Å². The van der Waals surface area contributed by atoms with Crippen LogP contribution in [0, 0.1) is 5.92 Å². The normalized spacial score (nSPS) is 32.3. The lowest BCUT2D eigenvalue weighted by molar-refractivity contribution is -0.138. The third kappa shape index (κ3) is 2.60. The second-order valence-electron chi connectivity index (χ2n) is 8.49. The molecule has 4 aliphatic rings. The number of likely N-dealkylation sites (tertiary alicyclic amines) is 2. The number of carbonyl (C=O) groups is 2. The standard InChI is InChI=1S/C20H27N5O2/c1-24-9-6-15-13(12-24)17(23-22-15)18(26)25-10-7-20(8-11-25)14-4-2-3-5-16(14)21-19(20)27/h2-5,13,15,17,22-23H,6-12H2,1H3,(H,21,27). The number of para-hydroxylation sites is 1. The van der Waals surface area contributed by atoms with Crippen molar-refractivity contribution in [2.24, 2.45) is 5.92 Å². The molecular formula is C20H27N5O2. The van der Waals surface area contributed by atoms with Crippen LogP contribution in [0.5, 0.6) is 0 Å². The second-order valence-corrected chi connectivity index (χ2v) is 8.49. The number of hydrazine groups is 1. The SMILES string of the molecule is CN1CCC2NNC(C(=O)N3CCC4(CC3)C(=O)Nc3ccccc34)C2C1. The molecule has 0 aromatic heterocycles. The monoisotopic (exact) mass is 369 g/mol. The van der Waals surface area contributed by atoms with Crippen LogP contribution in [0.15, 0.2) is 24.3 Å². The van der Waals surface area contributed by atoms with Crippen LogP contribution in [0.3, 0.4) is 0 Å². The van der Waals surface area contributed by atoms with E-state index in [1.165, 1.54) is 0 Å². The van der Waals surface area contributed by atoms with Gasteiger partial charge in [0.1, 0.15) is 6.04 Å². The van der Waals surface area contributed by atoms with E-state index in [-0.39, 0.29) is 17.9 Å². The Morgan fingerprint density at radius 3 is 2.74 bits per heavy atom. The molecule has 0 aliphatic carbocycles. The number of anilines is 1. The lowest BCUT2D eigenvalue weighted by Crippen LogP contribution is -2.55. The van der Waals surface area contributed by atoms with Crippen molar-refractivity contribution in [1.82, 2.24) is 20.7 Å². The largest absolute Gasteiger partial charge is 0.341 e. The van der Waals surface area contributed by atoms with Gasteiger partial charge in [0.25, 0.3) is 0 Å². The summed E-state index contributed by atoms with van der Waals surface area (Å²) in [6.45, 7) is 3.27. The molecule has 7 heteroatoms. The summed E-state index contributed by atoms with van der Waals surface area (Å²) < 4.78 is 0. The molecule has 3 unspecified atom stereocenters. The summed E-state index contributed by atoms with van der Waals surface area (Å²) in [4.78, 5) is 30.2. The zero-order chi connectivity index (χ0) is 18.6. The molecule has 2 amide bonds. The van der Waals surface area contributed by atoms with Crippen LogP contribution < -0.4 is 16.2 Å². The number of benzene rings is 1. The van der Waals surface area contributed by atoms with E-state index in [0.29, 0.717) is 37.9 Å². The fourth-order valence-electron chi connectivity index (χ4n) is 5.39. The van der Waals surface area contributed by atoms with Gasteiger partial charge in [0.15, 0.2) is 0 Å². The second kappa shape index (κ2) is 6.29. The first-order valence-corrected chi connectivity index (χ1v) is 9.98. The summed E-state index contributed by atoms with van der Waals surface area (Å²) in [6, 6.07) is 8.16. The molecule has 144 valence electrons. The van der Waals surface area contributed by atoms with Gasteiger partial charge in [-0.05, 0) is 44.5 Å². The predicted octanol–water partition coefficient (Wildman–Crippen LogP) is 0.296. The maximum absolute atomic E-state index is 13.2. The molecule has 3 N–H and O–H groups in total. The van der Waals surface area contributed by atoms with Crippen molar-refractivity contribution >= 4 is 17.5 Å². The molecule has 27 heavy (non-hydrogen) atoms. The summed E-state index contributed by atoms with van der Waals surface area (Å²) in [5.74, 6) is 0.569. The van der Waals surface area contributed by atoms with E-state index in [2.05, 4.69) is 34.2 Å². The molecule has 5 rings (SSSR count). The third-order valence-corrected chi connectivity index (χ3v) is 7.03. The minimum absolute atomic E-state index is 0.0884. The molecule has 3 fully saturated rings. The van der Waals surface area contributed by atoms with Crippen LogP contribution in [0.1, 0.15) is 24.8 Å². The molecule has 4 heterocycles. The smallest absolute Gasteiger partial charge is 0.241 e. The summed E-state index contributed by atoms with van der Waals surface area (Å²) >= 11 is 0. The van der Waals surface area contributed by atoms with Gasteiger partial charge in [0.2, 0.25) is 11.8 Å². The Morgan fingerprint density at radius 1 is 1.15 bits per heavy atom. The Bertz CT molecular complexity index is 773. The first-order valence-electron chi connectivity index (χ1n) is 9.98. The highest BCUT2D eigenvalue weighted by Gasteiger charge is 2.50. The Morgan fingerprint density at radius 2 is 1.93 bits per heavy atom. The predicted molar refractivity (Wildman–Crippen MR) is 102 cm³/mol. The first-order chi connectivity index (χ1) is 13.1. The van der Waals surface area contributed by atoms with E-state index in [9.17, 15) is 9.59 Å². The summed E-state index contributed by atoms with van der Waals surface area (Å²) in [6.07, 6.45) is 2.45. The van der Waals surface area contributed by atoms with Gasteiger partial charge in [-0.25, -0.2) is 5.43 Å². The number of nitrogens with one attached hydrogen (secondary N) is 3. The molecule has 1 spiro atoms. The molecule has 0 radical (unpaired) electrons. The van der Waals surface area contributed by atoms with E-state index in [1.54, 1.807) is 0 Å². The van der Waals surface area contributed by atoms with Gasteiger partial charge in [-0.2, -0.15) is 0 Å². The van der Waals surface area contributed by atoms with Crippen LogP contribution in [-0.2, 0) is 15.0 Å². The minimum Gasteiger partial charge on any atom is -0.341 e. The van der Waals surface area contributed by atoms with Gasteiger partial charge in [0, 0.05) is 37.3 Å². The van der Waals surface area contributed by atoms with Crippen molar-refractivity contribution < 1.29 is 9.59 Å². The first kappa shape index (κ1) is 17.2. The number of rotatable bonds is 1. The number of carbonyl (C=O) groups excluding carboxylic acids is 2. The van der Waals surface area contributed by atoms with E-state index in [4.69, 9.17) is 0 Å². The van der Waals surface area contributed by atoms with Gasteiger partial charge in [-0.15, -0.1) is 0 Å². The van der Waals surface area contributed by atoms with E-state index in [0.717, 1.165) is 30.8 Å². The van der Waals surface area contributed by atoms with Crippen LogP contribution >= 0.6 is 0 Å². The van der Waals surface area contributed by atoms with Gasteiger partial charge >= 0.3 is 0 Å². The molecule has 0 bridgehead atoms. The lowest BCUT2D eigenvalue weighted by Gasteiger charge is -2.40. The minimum atomic E-state index is -0.470. The van der Waals surface area contributed by atoms with Gasteiger partial charge in [0.05, 0.1) is 5.41 Å². The third-order valence-electron chi connectivity index (χ3n) is 7.03. The van der Waals surface area contributed by atoms with Crippen molar-refractivity contribution in [3.05, 3.63) is 29.8 Å². The maximum atomic E-state index is 13.2. The molecular weight excluding hydrogens is 342 g/mol. The Balaban J connectivity index is 1.30. The lowest BCUT2D eigenvalue weighted by atomic mass is 9.73. The average Bonchev–Trinajstić information content (AvgIpc) is 3.21. The Kier molecular flexibility index (Phi) is 4.00. The van der Waals surface area contributed by atoms with Crippen molar-refractivity contribution in [2.75, 3.05) is 38.5 Å². The highest BCUT2D eigenvalue weighted by molar-refractivity contribution is 6.06. The zero-order valence-electron chi connectivity index (χ0n) is 15.7. The van der Waals surface area contributed by atoms with Crippen molar-refractivity contribution in [3.63, 3.8) is 0 Å². The summed E-state index contributed by atoms with van der Waals surface area (Å²) in [7, 11) is 2.12. The molecule has 1 aromatic rings. The van der Waals surface area contributed by atoms with Crippen molar-refractivity contribution in [3.8, 4) is 0 Å². The van der Waals surface area contributed by atoms with Gasteiger partial charge in [-0.1, -0.05) is 18.2 Å². The van der Waals surface area contributed by atoms with E-state index in [1.807, 2.05) is 23.1 Å². The van der Waals surface area contributed by atoms with Gasteiger partial charge < -0.3 is 15.1 Å². The highest BCUT2D eigenvalue weighted by Crippen LogP contribution is 2.44.